The molecule has 158 valence electrons. The van der Waals surface area contributed by atoms with E-state index in [1.807, 2.05) is 18.2 Å². The summed E-state index contributed by atoms with van der Waals surface area (Å²) in [5.41, 5.74) is 1.81. The van der Waals surface area contributed by atoms with Crippen LogP contribution in [-0.4, -0.2) is 72.5 Å². The van der Waals surface area contributed by atoms with Crippen molar-refractivity contribution in [3.63, 3.8) is 0 Å². The quantitative estimate of drug-likeness (QED) is 0.773. The third-order valence-electron chi connectivity index (χ3n) is 5.85. The molecule has 0 saturated carbocycles. The molecule has 0 aromatic heterocycles. The predicted molar refractivity (Wildman–Crippen MR) is 110 cm³/mol. The van der Waals surface area contributed by atoms with Gasteiger partial charge in [-0.1, -0.05) is 42.5 Å². The van der Waals surface area contributed by atoms with Gasteiger partial charge in [-0.2, -0.15) is 0 Å². The molecule has 2 aromatic rings. The second kappa shape index (κ2) is 8.93. The van der Waals surface area contributed by atoms with Crippen molar-refractivity contribution in [1.82, 2.24) is 14.7 Å². The van der Waals surface area contributed by atoms with E-state index in [1.165, 1.54) is 22.6 Å². The molecule has 2 atom stereocenters. The van der Waals surface area contributed by atoms with Crippen LogP contribution in [0.3, 0.4) is 0 Å². The van der Waals surface area contributed by atoms with Gasteiger partial charge in [-0.3, -0.25) is 14.5 Å². The molecule has 0 aliphatic carbocycles. The van der Waals surface area contributed by atoms with Crippen molar-refractivity contribution in [3.05, 3.63) is 71.5 Å². The molecule has 0 spiro atoms. The summed E-state index contributed by atoms with van der Waals surface area (Å²) in [5.74, 6) is -0.774. The van der Waals surface area contributed by atoms with Crippen LogP contribution in [-0.2, 0) is 20.9 Å². The summed E-state index contributed by atoms with van der Waals surface area (Å²) in [6, 6.07) is 15.6. The van der Waals surface area contributed by atoms with E-state index >= 15 is 0 Å². The minimum Gasteiger partial charge on any atom is -0.356 e. The first kappa shape index (κ1) is 20.5. The van der Waals surface area contributed by atoms with E-state index in [1.54, 1.807) is 24.1 Å². The Morgan fingerprint density at radius 2 is 1.80 bits per heavy atom. The van der Waals surface area contributed by atoms with Crippen LogP contribution in [0.2, 0.25) is 0 Å². The third kappa shape index (κ3) is 4.37. The van der Waals surface area contributed by atoms with Gasteiger partial charge in [-0.05, 0) is 23.3 Å². The number of hydrogen-bond acceptors (Lipinski definition) is 4. The number of morpholine rings is 1. The molecule has 0 bridgehead atoms. The molecule has 7 heteroatoms. The fraction of sp³-hybridized carbons (Fsp3) is 0.391. The lowest BCUT2D eigenvalue weighted by Gasteiger charge is -2.42. The van der Waals surface area contributed by atoms with Crippen LogP contribution in [0.15, 0.2) is 54.6 Å². The van der Waals surface area contributed by atoms with Crippen molar-refractivity contribution in [1.29, 1.82) is 0 Å². The van der Waals surface area contributed by atoms with E-state index in [-0.39, 0.29) is 18.4 Å². The summed E-state index contributed by atoms with van der Waals surface area (Å²) < 4.78 is 19.5. The van der Waals surface area contributed by atoms with E-state index in [0.717, 1.165) is 19.6 Å². The number of rotatable bonds is 4. The third-order valence-corrected chi connectivity index (χ3v) is 5.85. The van der Waals surface area contributed by atoms with Crippen LogP contribution >= 0.6 is 0 Å². The Morgan fingerprint density at radius 3 is 2.50 bits per heavy atom. The Labute approximate surface area is 175 Å². The van der Waals surface area contributed by atoms with Gasteiger partial charge >= 0.3 is 0 Å². The number of carbonyl (C=O) groups excluding carboxylic acids is 2. The normalized spacial score (nSPS) is 22.9. The smallest absolute Gasteiger partial charge is 0.254 e. The standard InChI is InChI=1S/C23H26FN3O3/c1-25-20(28)16-30-22(21(25)18-8-5-9-19(24)14-18)23(29)27-12-10-26(11-13-27)15-17-6-3-2-4-7-17/h2-9,14,21-22H,10-13,15-16H2,1H3/t21-,22-/m1/s1. The number of hydrogen-bond donors (Lipinski definition) is 0. The molecule has 0 radical (unpaired) electrons. The lowest BCUT2D eigenvalue weighted by Crippen LogP contribution is -2.57. The van der Waals surface area contributed by atoms with Crippen molar-refractivity contribution in [2.45, 2.75) is 18.7 Å². The molecule has 4 rings (SSSR count). The van der Waals surface area contributed by atoms with Gasteiger partial charge in [-0.15, -0.1) is 0 Å². The fourth-order valence-corrected chi connectivity index (χ4v) is 4.16. The Kier molecular flexibility index (Phi) is 6.11. The Balaban J connectivity index is 1.44. The number of amides is 2. The van der Waals surface area contributed by atoms with Crippen LogP contribution < -0.4 is 0 Å². The van der Waals surface area contributed by atoms with E-state index in [4.69, 9.17) is 4.74 Å². The molecule has 2 fully saturated rings. The fourth-order valence-electron chi connectivity index (χ4n) is 4.16. The summed E-state index contributed by atoms with van der Waals surface area (Å²) in [7, 11) is 1.64. The number of benzene rings is 2. The number of piperazine rings is 1. The molecule has 6 nitrogen and oxygen atoms in total. The molecule has 0 unspecified atom stereocenters. The van der Waals surface area contributed by atoms with Gasteiger partial charge in [0.25, 0.3) is 5.91 Å². The maximum absolute atomic E-state index is 13.8. The van der Waals surface area contributed by atoms with Crippen LogP contribution in [0.5, 0.6) is 0 Å². The Hall–Kier alpha value is -2.77. The highest BCUT2D eigenvalue weighted by Gasteiger charge is 2.42. The molecule has 2 aromatic carbocycles. The van der Waals surface area contributed by atoms with Crippen LogP contribution in [0, 0.1) is 5.82 Å². The van der Waals surface area contributed by atoms with E-state index in [0.29, 0.717) is 18.7 Å². The first-order valence-corrected chi connectivity index (χ1v) is 10.2. The first-order chi connectivity index (χ1) is 14.5. The van der Waals surface area contributed by atoms with Crippen molar-refractivity contribution in [3.8, 4) is 0 Å². The van der Waals surface area contributed by atoms with Crippen molar-refractivity contribution < 1.29 is 18.7 Å². The number of carbonyl (C=O) groups is 2. The molecule has 2 aliphatic heterocycles. The van der Waals surface area contributed by atoms with Crippen LogP contribution in [0.25, 0.3) is 0 Å². The second-order valence-corrected chi connectivity index (χ2v) is 7.82. The zero-order valence-electron chi connectivity index (χ0n) is 17.0. The van der Waals surface area contributed by atoms with Gasteiger partial charge in [0.05, 0.1) is 6.04 Å². The average Bonchev–Trinajstić information content (AvgIpc) is 2.76. The van der Waals surface area contributed by atoms with Gasteiger partial charge in [0.15, 0.2) is 6.10 Å². The first-order valence-electron chi connectivity index (χ1n) is 10.2. The van der Waals surface area contributed by atoms with E-state index in [2.05, 4.69) is 17.0 Å². The SMILES string of the molecule is CN1C(=O)CO[C@@H](C(=O)N2CCN(Cc3ccccc3)CC2)[C@H]1c1cccc(F)c1. The highest BCUT2D eigenvalue weighted by atomic mass is 19.1. The average molecular weight is 411 g/mol. The summed E-state index contributed by atoms with van der Waals surface area (Å²) in [4.78, 5) is 31.1. The van der Waals surface area contributed by atoms with Gasteiger partial charge in [0.1, 0.15) is 12.4 Å². The zero-order valence-corrected chi connectivity index (χ0v) is 17.0. The van der Waals surface area contributed by atoms with Gasteiger partial charge in [-0.25, -0.2) is 4.39 Å². The van der Waals surface area contributed by atoms with E-state index < -0.39 is 18.0 Å². The monoisotopic (exact) mass is 411 g/mol. The lowest BCUT2D eigenvalue weighted by molar-refractivity contribution is -0.168. The van der Waals surface area contributed by atoms with Crippen molar-refractivity contribution in [2.24, 2.45) is 0 Å². The molecular weight excluding hydrogens is 385 g/mol. The van der Waals surface area contributed by atoms with Gasteiger partial charge < -0.3 is 14.5 Å². The molecule has 0 N–H and O–H groups in total. The molecule has 2 aliphatic rings. The Bertz CT molecular complexity index is 900. The summed E-state index contributed by atoms with van der Waals surface area (Å²) in [6.45, 7) is 3.44. The lowest BCUT2D eigenvalue weighted by atomic mass is 9.97. The highest BCUT2D eigenvalue weighted by molar-refractivity contribution is 5.86. The number of likely N-dealkylation sites (N-methyl/N-ethyl adjacent to an activating group) is 1. The predicted octanol–water partition coefficient (Wildman–Crippen LogP) is 2.07. The summed E-state index contributed by atoms with van der Waals surface area (Å²) in [6.07, 6.45) is -0.838. The molecule has 2 heterocycles. The number of halogens is 1. The summed E-state index contributed by atoms with van der Waals surface area (Å²) in [5, 5.41) is 0. The second-order valence-electron chi connectivity index (χ2n) is 7.82. The largest absolute Gasteiger partial charge is 0.356 e. The number of nitrogens with zero attached hydrogens (tertiary/aromatic N) is 3. The minimum atomic E-state index is -0.838. The van der Waals surface area contributed by atoms with Crippen LogP contribution in [0.4, 0.5) is 4.39 Å². The molecule has 2 saturated heterocycles. The molecule has 30 heavy (non-hydrogen) atoms. The maximum atomic E-state index is 13.8. The van der Waals surface area contributed by atoms with Gasteiger partial charge in [0, 0.05) is 39.8 Å². The Morgan fingerprint density at radius 1 is 1.07 bits per heavy atom. The van der Waals surface area contributed by atoms with Crippen LogP contribution in [0.1, 0.15) is 17.2 Å². The molecule has 2 amide bonds. The topological polar surface area (TPSA) is 53.1 Å². The molecular formula is C23H26FN3O3. The summed E-state index contributed by atoms with van der Waals surface area (Å²) >= 11 is 0. The minimum absolute atomic E-state index is 0.146. The van der Waals surface area contributed by atoms with E-state index in [9.17, 15) is 14.0 Å². The zero-order chi connectivity index (χ0) is 21.1. The van der Waals surface area contributed by atoms with Crippen molar-refractivity contribution in [2.75, 3.05) is 39.8 Å². The maximum Gasteiger partial charge on any atom is 0.254 e. The highest BCUT2D eigenvalue weighted by Crippen LogP contribution is 2.31. The van der Waals surface area contributed by atoms with Gasteiger partial charge in [0.2, 0.25) is 5.91 Å². The number of ether oxygens (including phenoxy) is 1. The van der Waals surface area contributed by atoms with Crippen molar-refractivity contribution >= 4 is 11.8 Å².